The fourth-order valence-electron chi connectivity index (χ4n) is 1.85. The predicted molar refractivity (Wildman–Crippen MR) is 81.5 cm³/mol. The van der Waals surface area contributed by atoms with Gasteiger partial charge in [-0.05, 0) is 24.0 Å². The van der Waals surface area contributed by atoms with E-state index in [0.29, 0.717) is 23.3 Å². The highest BCUT2D eigenvalue weighted by Crippen LogP contribution is 2.10. The average molecular weight is 286 g/mol. The lowest BCUT2D eigenvalue weighted by atomic mass is 10.1. The second kappa shape index (κ2) is 8.00. The number of nitrogens with two attached hydrogens (primary N) is 1. The third kappa shape index (κ3) is 5.92. The van der Waals surface area contributed by atoms with Gasteiger partial charge in [-0.1, -0.05) is 33.8 Å². The molecule has 1 amide bonds. The summed E-state index contributed by atoms with van der Waals surface area (Å²) in [5.74, 6) is 1.22. The van der Waals surface area contributed by atoms with Crippen molar-refractivity contribution in [2.45, 2.75) is 27.7 Å². The lowest BCUT2D eigenvalue weighted by molar-refractivity contribution is 0.0709. The van der Waals surface area contributed by atoms with Crippen LogP contribution in [0.5, 0.6) is 0 Å². The Labute approximate surface area is 121 Å². The Morgan fingerprint density at radius 1 is 1.21 bits per heavy atom. The van der Waals surface area contributed by atoms with E-state index in [4.69, 9.17) is 5.73 Å². The van der Waals surface area contributed by atoms with Crippen LogP contribution in [-0.4, -0.2) is 28.9 Å². The molecule has 0 atom stereocenters. The SMILES string of the molecule is CC(C)CN(CC(C)C)C(=O)c1cccc(N)n1.Cl. The van der Waals surface area contributed by atoms with E-state index >= 15 is 0 Å². The minimum atomic E-state index is -0.0373. The van der Waals surface area contributed by atoms with E-state index in [1.54, 1.807) is 18.2 Å². The summed E-state index contributed by atoms with van der Waals surface area (Å²) in [5.41, 5.74) is 6.04. The summed E-state index contributed by atoms with van der Waals surface area (Å²) in [5, 5.41) is 0. The molecule has 0 aliphatic rings. The molecule has 4 nitrogen and oxygen atoms in total. The molecule has 0 aliphatic heterocycles. The summed E-state index contributed by atoms with van der Waals surface area (Å²) in [6.07, 6.45) is 0. The van der Waals surface area contributed by atoms with Gasteiger partial charge in [0.25, 0.3) is 5.91 Å². The highest BCUT2D eigenvalue weighted by Gasteiger charge is 2.19. The van der Waals surface area contributed by atoms with Gasteiger partial charge in [0.05, 0.1) is 0 Å². The molecule has 0 saturated heterocycles. The maximum atomic E-state index is 12.4. The van der Waals surface area contributed by atoms with Gasteiger partial charge in [0, 0.05) is 13.1 Å². The third-order valence-electron chi connectivity index (χ3n) is 2.45. The number of nitrogen functional groups attached to an aromatic ring is 1. The third-order valence-corrected chi connectivity index (χ3v) is 2.45. The van der Waals surface area contributed by atoms with Gasteiger partial charge in [-0.3, -0.25) is 4.79 Å². The zero-order chi connectivity index (χ0) is 13.7. The Morgan fingerprint density at radius 3 is 2.16 bits per heavy atom. The molecule has 1 heterocycles. The molecule has 1 rings (SSSR count). The van der Waals surface area contributed by atoms with Gasteiger partial charge in [0.1, 0.15) is 11.5 Å². The average Bonchev–Trinajstić information content (AvgIpc) is 2.26. The van der Waals surface area contributed by atoms with Crippen molar-refractivity contribution in [2.24, 2.45) is 11.8 Å². The van der Waals surface area contributed by atoms with E-state index in [-0.39, 0.29) is 18.3 Å². The number of hydrogen-bond acceptors (Lipinski definition) is 3. The molecule has 0 aliphatic carbocycles. The molecule has 0 fully saturated rings. The fourth-order valence-corrected chi connectivity index (χ4v) is 1.85. The first-order valence-corrected chi connectivity index (χ1v) is 6.42. The van der Waals surface area contributed by atoms with Gasteiger partial charge in [-0.2, -0.15) is 0 Å². The summed E-state index contributed by atoms with van der Waals surface area (Å²) < 4.78 is 0. The number of hydrogen-bond donors (Lipinski definition) is 1. The van der Waals surface area contributed by atoms with Crippen molar-refractivity contribution in [1.82, 2.24) is 9.88 Å². The van der Waals surface area contributed by atoms with Crippen molar-refractivity contribution in [3.8, 4) is 0 Å². The van der Waals surface area contributed by atoms with Crippen LogP contribution in [0, 0.1) is 11.8 Å². The molecule has 0 bridgehead atoms. The lowest BCUT2D eigenvalue weighted by Crippen LogP contribution is -2.37. The Bertz CT molecular complexity index is 397. The van der Waals surface area contributed by atoms with Crippen LogP contribution in [0.4, 0.5) is 5.82 Å². The second-order valence-electron chi connectivity index (χ2n) is 5.45. The highest BCUT2D eigenvalue weighted by atomic mass is 35.5. The number of amides is 1. The monoisotopic (exact) mass is 285 g/mol. The molecule has 108 valence electrons. The first kappa shape index (κ1) is 17.7. The Balaban J connectivity index is 0.00000324. The predicted octanol–water partition coefficient (Wildman–Crippen LogP) is 2.84. The molecule has 1 aromatic rings. The zero-order valence-electron chi connectivity index (χ0n) is 12.1. The molecule has 0 unspecified atom stereocenters. The van der Waals surface area contributed by atoms with Crippen molar-refractivity contribution in [1.29, 1.82) is 0 Å². The van der Waals surface area contributed by atoms with E-state index in [2.05, 4.69) is 32.7 Å². The van der Waals surface area contributed by atoms with Crippen LogP contribution in [0.15, 0.2) is 18.2 Å². The standard InChI is InChI=1S/C14H23N3O.ClH/c1-10(2)8-17(9-11(3)4)14(18)12-6-5-7-13(15)16-12;/h5-7,10-11H,8-9H2,1-4H3,(H2,15,16);1H. The molecule has 0 aromatic carbocycles. The minimum absolute atomic E-state index is 0. The molecule has 0 spiro atoms. The summed E-state index contributed by atoms with van der Waals surface area (Å²) in [6, 6.07) is 5.16. The normalized spacial score (nSPS) is 10.4. The van der Waals surface area contributed by atoms with Crippen molar-refractivity contribution >= 4 is 24.1 Å². The smallest absolute Gasteiger partial charge is 0.272 e. The Hall–Kier alpha value is -1.29. The number of nitrogens with zero attached hydrogens (tertiary/aromatic N) is 2. The fraction of sp³-hybridized carbons (Fsp3) is 0.571. The van der Waals surface area contributed by atoms with Crippen molar-refractivity contribution in [2.75, 3.05) is 18.8 Å². The van der Waals surface area contributed by atoms with E-state index in [0.717, 1.165) is 13.1 Å². The molecule has 0 saturated carbocycles. The van der Waals surface area contributed by atoms with E-state index in [1.807, 2.05) is 4.90 Å². The number of pyridine rings is 1. The number of rotatable bonds is 5. The van der Waals surface area contributed by atoms with Gasteiger partial charge < -0.3 is 10.6 Å². The minimum Gasteiger partial charge on any atom is -0.384 e. The number of carbonyl (C=O) groups is 1. The van der Waals surface area contributed by atoms with Crippen LogP contribution in [0.3, 0.4) is 0 Å². The first-order valence-electron chi connectivity index (χ1n) is 6.42. The van der Waals surface area contributed by atoms with E-state index < -0.39 is 0 Å². The molecule has 19 heavy (non-hydrogen) atoms. The van der Waals surface area contributed by atoms with Crippen LogP contribution in [0.1, 0.15) is 38.2 Å². The second-order valence-corrected chi connectivity index (χ2v) is 5.45. The summed E-state index contributed by atoms with van der Waals surface area (Å²) in [4.78, 5) is 18.3. The molecule has 2 N–H and O–H groups in total. The lowest BCUT2D eigenvalue weighted by Gasteiger charge is -2.26. The van der Waals surface area contributed by atoms with E-state index in [1.165, 1.54) is 0 Å². The first-order chi connectivity index (χ1) is 8.40. The molecule has 0 radical (unpaired) electrons. The number of halogens is 1. The number of anilines is 1. The van der Waals surface area contributed by atoms with Crippen molar-refractivity contribution in [3.05, 3.63) is 23.9 Å². The topological polar surface area (TPSA) is 59.2 Å². The highest BCUT2D eigenvalue weighted by molar-refractivity contribution is 5.92. The molecule has 1 aromatic heterocycles. The van der Waals surface area contributed by atoms with Crippen LogP contribution in [0.2, 0.25) is 0 Å². The molecular weight excluding hydrogens is 262 g/mol. The Morgan fingerprint density at radius 2 is 1.74 bits per heavy atom. The maximum absolute atomic E-state index is 12.4. The van der Waals surface area contributed by atoms with Gasteiger partial charge in [-0.25, -0.2) is 4.98 Å². The van der Waals surface area contributed by atoms with Gasteiger partial charge in [-0.15, -0.1) is 12.4 Å². The summed E-state index contributed by atoms with van der Waals surface area (Å²) in [6.45, 7) is 9.91. The van der Waals surface area contributed by atoms with Crippen molar-refractivity contribution in [3.63, 3.8) is 0 Å². The Kier molecular flexibility index (Phi) is 7.45. The quantitative estimate of drug-likeness (QED) is 0.905. The van der Waals surface area contributed by atoms with Gasteiger partial charge >= 0.3 is 0 Å². The number of aromatic nitrogens is 1. The summed E-state index contributed by atoms with van der Waals surface area (Å²) >= 11 is 0. The van der Waals surface area contributed by atoms with Gasteiger partial charge in [0.2, 0.25) is 0 Å². The van der Waals surface area contributed by atoms with Crippen LogP contribution in [-0.2, 0) is 0 Å². The van der Waals surface area contributed by atoms with Gasteiger partial charge in [0.15, 0.2) is 0 Å². The zero-order valence-corrected chi connectivity index (χ0v) is 12.9. The maximum Gasteiger partial charge on any atom is 0.272 e. The molecule has 5 heteroatoms. The van der Waals surface area contributed by atoms with E-state index in [9.17, 15) is 4.79 Å². The largest absolute Gasteiger partial charge is 0.384 e. The van der Waals surface area contributed by atoms with Crippen LogP contribution in [0.25, 0.3) is 0 Å². The van der Waals surface area contributed by atoms with Crippen molar-refractivity contribution < 1.29 is 4.79 Å². The number of carbonyl (C=O) groups excluding carboxylic acids is 1. The summed E-state index contributed by atoms with van der Waals surface area (Å²) in [7, 11) is 0. The molecular formula is C14H24ClN3O. The van der Waals surface area contributed by atoms with Crippen LogP contribution >= 0.6 is 12.4 Å². The van der Waals surface area contributed by atoms with Crippen LogP contribution < -0.4 is 5.73 Å².